The largest absolute Gasteiger partial charge is 0.489 e. The van der Waals surface area contributed by atoms with Crippen LogP contribution >= 0.6 is 15.9 Å². The van der Waals surface area contributed by atoms with Crippen LogP contribution in [0.2, 0.25) is 0 Å². The number of hydrogen-bond acceptors (Lipinski definition) is 6. The molecule has 0 bridgehead atoms. The van der Waals surface area contributed by atoms with E-state index in [1.807, 2.05) is 48.5 Å². The van der Waals surface area contributed by atoms with Gasteiger partial charge in [-0.25, -0.2) is 4.79 Å². The Balaban J connectivity index is 1.76. The quantitative estimate of drug-likeness (QED) is 0.630. The molecular formula is C24H22BrNO5. The van der Waals surface area contributed by atoms with Gasteiger partial charge in [0.2, 0.25) is 5.88 Å². The van der Waals surface area contributed by atoms with Crippen LogP contribution in [0.4, 0.5) is 0 Å². The van der Waals surface area contributed by atoms with Crippen molar-refractivity contribution in [3.05, 3.63) is 86.9 Å². The molecule has 2 aromatic carbocycles. The number of para-hydroxylation sites is 1. The zero-order valence-electron chi connectivity index (χ0n) is 17.0. The van der Waals surface area contributed by atoms with Gasteiger partial charge in [0.15, 0.2) is 5.78 Å². The van der Waals surface area contributed by atoms with Crippen molar-refractivity contribution >= 4 is 27.7 Å². The second kappa shape index (κ2) is 8.98. The Hall–Kier alpha value is -3.06. The molecule has 0 fully saturated rings. The van der Waals surface area contributed by atoms with Crippen LogP contribution in [0.5, 0.6) is 5.75 Å². The van der Waals surface area contributed by atoms with Crippen molar-refractivity contribution in [1.29, 1.82) is 0 Å². The van der Waals surface area contributed by atoms with Crippen LogP contribution in [0.1, 0.15) is 36.3 Å². The van der Waals surface area contributed by atoms with Crippen molar-refractivity contribution in [3.63, 3.8) is 0 Å². The number of halogens is 1. The number of ether oxygens (including phenoxy) is 3. The highest BCUT2D eigenvalue weighted by Crippen LogP contribution is 2.46. The van der Waals surface area contributed by atoms with Crippen molar-refractivity contribution in [2.45, 2.75) is 31.8 Å². The Morgan fingerprint density at radius 2 is 1.90 bits per heavy atom. The van der Waals surface area contributed by atoms with E-state index in [0.29, 0.717) is 48.5 Å². The molecule has 1 atom stereocenters. The van der Waals surface area contributed by atoms with E-state index >= 15 is 0 Å². The van der Waals surface area contributed by atoms with E-state index in [1.165, 1.54) is 7.11 Å². The number of hydrogen-bond donors (Lipinski definition) is 1. The fraction of sp³-hybridized carbons (Fsp3) is 0.250. The van der Waals surface area contributed by atoms with Gasteiger partial charge in [-0.3, -0.25) is 4.79 Å². The molecular weight excluding hydrogens is 462 g/mol. The number of nitrogens with two attached hydrogens (primary N) is 1. The molecule has 1 heterocycles. The summed E-state index contributed by atoms with van der Waals surface area (Å²) in [4.78, 5) is 25.5. The third-order valence-corrected chi connectivity index (χ3v) is 5.96. The molecule has 0 aromatic heterocycles. The van der Waals surface area contributed by atoms with E-state index in [1.54, 1.807) is 0 Å². The van der Waals surface area contributed by atoms with Gasteiger partial charge < -0.3 is 19.9 Å². The molecule has 0 amide bonds. The zero-order valence-corrected chi connectivity index (χ0v) is 18.6. The summed E-state index contributed by atoms with van der Waals surface area (Å²) >= 11 is 3.43. The summed E-state index contributed by atoms with van der Waals surface area (Å²) in [5.74, 6) is -0.331. The fourth-order valence-electron chi connectivity index (χ4n) is 3.97. The van der Waals surface area contributed by atoms with Crippen LogP contribution in [-0.4, -0.2) is 18.9 Å². The minimum Gasteiger partial charge on any atom is -0.489 e. The van der Waals surface area contributed by atoms with E-state index in [9.17, 15) is 9.59 Å². The number of allylic oxidation sites excluding steroid dienone is 2. The van der Waals surface area contributed by atoms with E-state index in [2.05, 4.69) is 15.9 Å². The molecule has 0 saturated heterocycles. The molecule has 2 aliphatic rings. The molecule has 2 aromatic rings. The molecule has 0 saturated carbocycles. The predicted octanol–water partition coefficient (Wildman–Crippen LogP) is 4.49. The van der Waals surface area contributed by atoms with Crippen molar-refractivity contribution in [2.24, 2.45) is 5.73 Å². The highest BCUT2D eigenvalue weighted by Gasteiger charge is 2.42. The second-order valence-corrected chi connectivity index (χ2v) is 8.29. The molecule has 1 aliphatic heterocycles. The summed E-state index contributed by atoms with van der Waals surface area (Å²) in [6.45, 7) is 0.333. The maximum Gasteiger partial charge on any atom is 0.340 e. The van der Waals surface area contributed by atoms with Crippen molar-refractivity contribution < 1.29 is 23.8 Å². The normalized spacial score (nSPS) is 18.4. The maximum atomic E-state index is 12.9. The van der Waals surface area contributed by atoms with E-state index in [0.717, 1.165) is 10.0 Å². The number of Topliss-reactive ketones (excluding diaryl/α,β-unsaturated/α-hetero) is 1. The SMILES string of the molecule is COC(=O)C1=C(N)OC2=C(C(=O)CCC2)[C@H]1c1ccccc1OCc1ccc(Br)cc1. The van der Waals surface area contributed by atoms with Crippen LogP contribution in [0.25, 0.3) is 0 Å². The molecule has 160 valence electrons. The van der Waals surface area contributed by atoms with Crippen molar-refractivity contribution in [1.82, 2.24) is 0 Å². The Bertz CT molecular complexity index is 1090. The van der Waals surface area contributed by atoms with Crippen LogP contribution in [0.3, 0.4) is 0 Å². The minimum absolute atomic E-state index is 0.0342. The van der Waals surface area contributed by atoms with Gasteiger partial charge in [-0.2, -0.15) is 0 Å². The Kier molecular flexibility index (Phi) is 6.13. The van der Waals surface area contributed by atoms with Gasteiger partial charge in [0.05, 0.1) is 13.0 Å². The fourth-order valence-corrected chi connectivity index (χ4v) is 4.23. The number of carbonyl (C=O) groups is 2. The first-order valence-electron chi connectivity index (χ1n) is 9.97. The van der Waals surface area contributed by atoms with Crippen LogP contribution < -0.4 is 10.5 Å². The number of carbonyl (C=O) groups excluding carboxylic acids is 2. The van der Waals surface area contributed by atoms with Crippen molar-refractivity contribution in [3.8, 4) is 5.75 Å². The number of methoxy groups -OCH3 is 1. The van der Waals surface area contributed by atoms with Gasteiger partial charge in [0.1, 0.15) is 23.7 Å². The topological polar surface area (TPSA) is 87.9 Å². The summed E-state index contributed by atoms with van der Waals surface area (Å²) in [5, 5.41) is 0. The molecule has 1 aliphatic carbocycles. The third-order valence-electron chi connectivity index (χ3n) is 5.43. The minimum atomic E-state index is -0.704. The summed E-state index contributed by atoms with van der Waals surface area (Å²) < 4.78 is 17.8. The van der Waals surface area contributed by atoms with Gasteiger partial charge in [-0.15, -0.1) is 0 Å². The molecule has 31 heavy (non-hydrogen) atoms. The number of rotatable bonds is 5. The highest BCUT2D eigenvalue weighted by molar-refractivity contribution is 9.10. The molecule has 0 spiro atoms. The number of benzene rings is 2. The number of ketones is 1. The molecule has 0 radical (unpaired) electrons. The summed E-state index contributed by atoms with van der Waals surface area (Å²) in [5.41, 5.74) is 8.37. The molecule has 0 unspecified atom stereocenters. The highest BCUT2D eigenvalue weighted by atomic mass is 79.9. The van der Waals surface area contributed by atoms with Crippen LogP contribution in [0, 0.1) is 0 Å². The third kappa shape index (κ3) is 4.23. The molecule has 6 nitrogen and oxygen atoms in total. The maximum absolute atomic E-state index is 12.9. The Morgan fingerprint density at radius 1 is 1.16 bits per heavy atom. The standard InChI is InChI=1S/C24H22BrNO5/c1-29-24(28)22-20(21-17(27)6-4-8-19(21)31-23(22)26)16-5-2-3-7-18(16)30-13-14-9-11-15(25)12-10-14/h2-3,5,7,9-12,20H,4,6,8,13,26H2,1H3/t20-/m1/s1. The van der Waals surface area contributed by atoms with Crippen molar-refractivity contribution in [2.75, 3.05) is 7.11 Å². The lowest BCUT2D eigenvalue weighted by atomic mass is 9.77. The lowest BCUT2D eigenvalue weighted by molar-refractivity contribution is -0.136. The first-order chi connectivity index (χ1) is 15.0. The molecule has 4 rings (SSSR count). The smallest absolute Gasteiger partial charge is 0.340 e. The monoisotopic (exact) mass is 483 g/mol. The van der Waals surface area contributed by atoms with Gasteiger partial charge in [-0.05, 0) is 30.2 Å². The predicted molar refractivity (Wildman–Crippen MR) is 118 cm³/mol. The van der Waals surface area contributed by atoms with Crippen LogP contribution in [-0.2, 0) is 25.7 Å². The summed E-state index contributed by atoms with van der Waals surface area (Å²) in [6, 6.07) is 15.2. The van der Waals surface area contributed by atoms with Gasteiger partial charge in [-0.1, -0.05) is 46.3 Å². The van der Waals surface area contributed by atoms with Gasteiger partial charge in [0, 0.05) is 28.5 Å². The van der Waals surface area contributed by atoms with Gasteiger partial charge in [0.25, 0.3) is 0 Å². The molecule has 2 N–H and O–H groups in total. The molecule has 7 heteroatoms. The first-order valence-corrected chi connectivity index (χ1v) is 10.8. The number of esters is 1. The average molecular weight is 484 g/mol. The average Bonchev–Trinajstić information content (AvgIpc) is 2.78. The summed E-state index contributed by atoms with van der Waals surface area (Å²) in [7, 11) is 1.28. The van der Waals surface area contributed by atoms with E-state index in [-0.39, 0.29) is 17.2 Å². The lowest BCUT2D eigenvalue weighted by Crippen LogP contribution is -2.31. The van der Waals surface area contributed by atoms with E-state index in [4.69, 9.17) is 19.9 Å². The van der Waals surface area contributed by atoms with Crippen LogP contribution in [0.15, 0.2) is 75.8 Å². The van der Waals surface area contributed by atoms with Gasteiger partial charge >= 0.3 is 5.97 Å². The van der Waals surface area contributed by atoms with E-state index < -0.39 is 11.9 Å². The second-order valence-electron chi connectivity index (χ2n) is 7.37. The summed E-state index contributed by atoms with van der Waals surface area (Å²) in [6.07, 6.45) is 1.68. The Labute approximate surface area is 188 Å². The Morgan fingerprint density at radius 3 is 2.65 bits per heavy atom. The zero-order chi connectivity index (χ0) is 22.0. The lowest BCUT2D eigenvalue weighted by Gasteiger charge is -2.32. The first kappa shape index (κ1) is 21.2.